The standard InChI is InChI=1S/C18H21F3N4/c19-18(20,21)15-6-7-16(23-14-15)4-3-9-24-10-12-25(13-11-24)17-5-1-2-8-22-17/h1-2,5-8,14H,3-4,9-13H2. The number of alkyl halides is 3. The molecule has 0 radical (unpaired) electrons. The van der Waals surface area contributed by atoms with Crippen LogP contribution in [0.2, 0.25) is 0 Å². The molecule has 25 heavy (non-hydrogen) atoms. The summed E-state index contributed by atoms with van der Waals surface area (Å²) in [4.78, 5) is 12.9. The molecular weight excluding hydrogens is 329 g/mol. The molecule has 0 atom stereocenters. The van der Waals surface area contributed by atoms with E-state index < -0.39 is 11.7 Å². The lowest BCUT2D eigenvalue weighted by Gasteiger charge is -2.35. The largest absolute Gasteiger partial charge is 0.417 e. The van der Waals surface area contributed by atoms with Gasteiger partial charge < -0.3 is 4.90 Å². The Morgan fingerprint density at radius 2 is 1.76 bits per heavy atom. The van der Waals surface area contributed by atoms with Gasteiger partial charge in [0.25, 0.3) is 0 Å². The Balaban J connectivity index is 1.40. The molecule has 1 fully saturated rings. The van der Waals surface area contributed by atoms with Crippen LogP contribution in [-0.4, -0.2) is 47.6 Å². The third kappa shape index (κ3) is 4.92. The molecule has 0 saturated carbocycles. The van der Waals surface area contributed by atoms with Gasteiger partial charge >= 0.3 is 6.18 Å². The van der Waals surface area contributed by atoms with E-state index in [1.165, 1.54) is 6.07 Å². The first-order valence-electron chi connectivity index (χ1n) is 8.43. The second-order valence-electron chi connectivity index (χ2n) is 6.16. The summed E-state index contributed by atoms with van der Waals surface area (Å²) < 4.78 is 37.5. The van der Waals surface area contributed by atoms with Crippen molar-refractivity contribution in [3.05, 3.63) is 54.0 Å². The molecule has 0 unspecified atom stereocenters. The van der Waals surface area contributed by atoms with Crippen molar-refractivity contribution < 1.29 is 13.2 Å². The highest BCUT2D eigenvalue weighted by Crippen LogP contribution is 2.28. The third-order valence-corrected chi connectivity index (χ3v) is 4.40. The Bertz CT molecular complexity index is 650. The summed E-state index contributed by atoms with van der Waals surface area (Å²) in [5, 5.41) is 0. The van der Waals surface area contributed by atoms with Gasteiger partial charge in [-0.1, -0.05) is 6.07 Å². The maximum Gasteiger partial charge on any atom is 0.417 e. The van der Waals surface area contributed by atoms with Crippen molar-refractivity contribution in [3.8, 4) is 0 Å². The Hall–Kier alpha value is -2.15. The normalized spacial score (nSPS) is 16.2. The van der Waals surface area contributed by atoms with E-state index in [0.717, 1.165) is 57.2 Å². The van der Waals surface area contributed by atoms with Crippen LogP contribution in [0.1, 0.15) is 17.7 Å². The summed E-state index contributed by atoms with van der Waals surface area (Å²) in [5.74, 6) is 1.01. The first kappa shape index (κ1) is 17.7. The third-order valence-electron chi connectivity index (χ3n) is 4.40. The minimum absolute atomic E-state index is 0.693. The number of aryl methyl sites for hydroxylation is 1. The number of halogens is 3. The van der Waals surface area contributed by atoms with Gasteiger partial charge in [-0.05, 0) is 43.7 Å². The minimum Gasteiger partial charge on any atom is -0.354 e. The molecular formula is C18H21F3N4. The van der Waals surface area contributed by atoms with Crippen LogP contribution in [0, 0.1) is 0 Å². The summed E-state index contributed by atoms with van der Waals surface area (Å²) in [6.07, 6.45) is -0.0148. The molecule has 0 N–H and O–H groups in total. The molecule has 0 amide bonds. The van der Waals surface area contributed by atoms with Crippen LogP contribution in [0.25, 0.3) is 0 Å². The van der Waals surface area contributed by atoms with Crippen molar-refractivity contribution in [3.63, 3.8) is 0 Å². The zero-order valence-corrected chi connectivity index (χ0v) is 13.9. The number of rotatable bonds is 5. The molecule has 1 aliphatic heterocycles. The van der Waals surface area contributed by atoms with E-state index in [-0.39, 0.29) is 0 Å². The van der Waals surface area contributed by atoms with Crippen LogP contribution in [0.3, 0.4) is 0 Å². The van der Waals surface area contributed by atoms with Gasteiger partial charge in [0.05, 0.1) is 5.56 Å². The number of aromatic nitrogens is 2. The van der Waals surface area contributed by atoms with Crippen LogP contribution >= 0.6 is 0 Å². The van der Waals surface area contributed by atoms with E-state index >= 15 is 0 Å². The van der Waals surface area contributed by atoms with Crippen molar-refractivity contribution in [1.29, 1.82) is 0 Å². The summed E-state index contributed by atoms with van der Waals surface area (Å²) in [7, 11) is 0. The van der Waals surface area contributed by atoms with Gasteiger partial charge in [0, 0.05) is 44.3 Å². The van der Waals surface area contributed by atoms with Gasteiger partial charge in [0.15, 0.2) is 0 Å². The molecule has 3 heterocycles. The predicted molar refractivity (Wildman–Crippen MR) is 90.5 cm³/mol. The molecule has 0 aliphatic carbocycles. The highest BCUT2D eigenvalue weighted by molar-refractivity contribution is 5.38. The van der Waals surface area contributed by atoms with Crippen LogP contribution < -0.4 is 4.90 Å². The molecule has 3 rings (SSSR count). The monoisotopic (exact) mass is 350 g/mol. The number of hydrogen-bond acceptors (Lipinski definition) is 4. The highest BCUT2D eigenvalue weighted by atomic mass is 19.4. The van der Waals surface area contributed by atoms with Crippen LogP contribution in [0.5, 0.6) is 0 Å². The van der Waals surface area contributed by atoms with E-state index in [1.807, 2.05) is 18.2 Å². The van der Waals surface area contributed by atoms with E-state index in [4.69, 9.17) is 0 Å². The van der Waals surface area contributed by atoms with Crippen molar-refractivity contribution in [2.24, 2.45) is 0 Å². The molecule has 2 aromatic heterocycles. The van der Waals surface area contributed by atoms with E-state index in [2.05, 4.69) is 19.8 Å². The number of nitrogens with zero attached hydrogens (tertiary/aromatic N) is 4. The molecule has 1 saturated heterocycles. The molecule has 4 nitrogen and oxygen atoms in total. The van der Waals surface area contributed by atoms with Crippen LogP contribution in [0.15, 0.2) is 42.7 Å². The van der Waals surface area contributed by atoms with E-state index in [1.54, 1.807) is 6.20 Å². The quantitative estimate of drug-likeness (QED) is 0.829. The molecule has 134 valence electrons. The van der Waals surface area contributed by atoms with Crippen molar-refractivity contribution >= 4 is 5.82 Å². The molecule has 1 aliphatic rings. The second-order valence-corrected chi connectivity index (χ2v) is 6.16. The van der Waals surface area contributed by atoms with Crippen LogP contribution in [-0.2, 0) is 12.6 Å². The molecule has 0 aromatic carbocycles. The zero-order valence-electron chi connectivity index (χ0n) is 13.9. The van der Waals surface area contributed by atoms with Gasteiger partial charge in [-0.3, -0.25) is 9.88 Å². The zero-order chi connectivity index (χ0) is 17.7. The van der Waals surface area contributed by atoms with Gasteiger partial charge in [0.1, 0.15) is 5.82 Å². The maximum absolute atomic E-state index is 12.5. The number of pyridine rings is 2. The number of piperazine rings is 1. The smallest absolute Gasteiger partial charge is 0.354 e. The second kappa shape index (κ2) is 7.82. The maximum atomic E-state index is 12.5. The van der Waals surface area contributed by atoms with Gasteiger partial charge in [-0.2, -0.15) is 13.2 Å². The first-order valence-corrected chi connectivity index (χ1v) is 8.43. The minimum atomic E-state index is -4.32. The Morgan fingerprint density at radius 3 is 2.36 bits per heavy atom. The SMILES string of the molecule is FC(F)(F)c1ccc(CCCN2CCN(c3ccccn3)CC2)nc1. The summed E-state index contributed by atoms with van der Waals surface area (Å²) >= 11 is 0. The van der Waals surface area contributed by atoms with E-state index in [0.29, 0.717) is 12.1 Å². The number of anilines is 1. The highest BCUT2D eigenvalue weighted by Gasteiger charge is 2.30. The lowest BCUT2D eigenvalue weighted by atomic mass is 10.1. The predicted octanol–water partition coefficient (Wildman–Crippen LogP) is 3.25. The van der Waals surface area contributed by atoms with Gasteiger partial charge in [-0.15, -0.1) is 0 Å². The molecule has 0 bridgehead atoms. The summed E-state index contributed by atoms with van der Waals surface area (Å²) in [6, 6.07) is 8.50. The lowest BCUT2D eigenvalue weighted by Crippen LogP contribution is -2.47. The fraction of sp³-hybridized carbons (Fsp3) is 0.444. The van der Waals surface area contributed by atoms with Gasteiger partial charge in [0.2, 0.25) is 0 Å². The lowest BCUT2D eigenvalue weighted by molar-refractivity contribution is -0.137. The van der Waals surface area contributed by atoms with Crippen LogP contribution in [0.4, 0.5) is 19.0 Å². The summed E-state index contributed by atoms with van der Waals surface area (Å²) in [5.41, 5.74) is 0.0158. The average molecular weight is 350 g/mol. The van der Waals surface area contributed by atoms with Gasteiger partial charge in [-0.25, -0.2) is 4.98 Å². The fourth-order valence-electron chi connectivity index (χ4n) is 2.97. The number of hydrogen-bond donors (Lipinski definition) is 0. The molecule has 2 aromatic rings. The Labute approximate surface area is 145 Å². The molecule has 7 heteroatoms. The summed E-state index contributed by atoms with van der Waals surface area (Å²) in [6.45, 7) is 4.75. The Kier molecular flexibility index (Phi) is 5.53. The molecule has 0 spiro atoms. The van der Waals surface area contributed by atoms with E-state index in [9.17, 15) is 13.2 Å². The van der Waals surface area contributed by atoms with Crippen molar-refractivity contribution in [2.75, 3.05) is 37.6 Å². The van der Waals surface area contributed by atoms with Crippen molar-refractivity contribution in [1.82, 2.24) is 14.9 Å². The Morgan fingerprint density at radius 1 is 0.960 bits per heavy atom. The topological polar surface area (TPSA) is 32.3 Å². The van der Waals surface area contributed by atoms with Crippen molar-refractivity contribution in [2.45, 2.75) is 19.0 Å². The first-order chi connectivity index (χ1) is 12.0. The average Bonchev–Trinajstić information content (AvgIpc) is 2.63. The fourth-order valence-corrected chi connectivity index (χ4v) is 2.97.